The average Bonchev–Trinajstić information content (AvgIpc) is 2.11. The van der Waals surface area contributed by atoms with Gasteiger partial charge in [0.15, 0.2) is 11.5 Å². The SMILES string of the molecule is CC(C)OC1=CC(=O)C(OC(C)C)=CC1=O. The molecule has 0 fully saturated rings. The van der Waals surface area contributed by atoms with Crippen LogP contribution in [0.4, 0.5) is 0 Å². The third kappa shape index (κ3) is 3.22. The second kappa shape index (κ2) is 4.96. The first-order chi connectivity index (χ1) is 7.40. The van der Waals surface area contributed by atoms with Crippen LogP contribution in [0.15, 0.2) is 23.7 Å². The summed E-state index contributed by atoms with van der Waals surface area (Å²) >= 11 is 0. The second-order valence-electron chi connectivity index (χ2n) is 4.08. The van der Waals surface area contributed by atoms with E-state index in [1.54, 1.807) is 27.7 Å². The van der Waals surface area contributed by atoms with Gasteiger partial charge in [-0.15, -0.1) is 0 Å². The topological polar surface area (TPSA) is 52.6 Å². The molecular weight excluding hydrogens is 208 g/mol. The summed E-state index contributed by atoms with van der Waals surface area (Å²) in [5.41, 5.74) is 0. The summed E-state index contributed by atoms with van der Waals surface area (Å²) < 4.78 is 10.4. The molecule has 1 rings (SSSR count). The van der Waals surface area contributed by atoms with Crippen molar-refractivity contribution in [3.63, 3.8) is 0 Å². The van der Waals surface area contributed by atoms with Crippen molar-refractivity contribution in [2.24, 2.45) is 0 Å². The summed E-state index contributed by atoms with van der Waals surface area (Å²) in [5.74, 6) is -0.500. The maximum atomic E-state index is 11.6. The summed E-state index contributed by atoms with van der Waals surface area (Å²) in [7, 11) is 0. The monoisotopic (exact) mass is 224 g/mol. The summed E-state index contributed by atoms with van der Waals surface area (Å²) in [6.07, 6.45) is 2.09. The number of carbonyl (C=O) groups is 2. The molecule has 0 aromatic heterocycles. The van der Waals surface area contributed by atoms with Crippen molar-refractivity contribution in [1.82, 2.24) is 0 Å². The molecule has 0 aromatic carbocycles. The lowest BCUT2D eigenvalue weighted by atomic mass is 10.1. The molecule has 0 aromatic rings. The molecule has 0 atom stereocenters. The first-order valence-electron chi connectivity index (χ1n) is 5.25. The standard InChI is InChI=1S/C12H16O4/c1-7(2)15-11-5-10(14)12(6-9(11)13)16-8(3)4/h5-8H,1-4H3. The number of hydrogen-bond acceptors (Lipinski definition) is 4. The quantitative estimate of drug-likeness (QED) is 0.683. The molecule has 1 aliphatic rings. The molecule has 0 aliphatic heterocycles. The minimum absolute atomic E-state index is 0.0797. The molecule has 88 valence electrons. The molecule has 0 bridgehead atoms. The molecule has 0 radical (unpaired) electrons. The second-order valence-corrected chi connectivity index (χ2v) is 4.08. The van der Waals surface area contributed by atoms with E-state index in [-0.39, 0.29) is 35.3 Å². The van der Waals surface area contributed by atoms with Crippen LogP contribution in [0, 0.1) is 0 Å². The lowest BCUT2D eigenvalue weighted by molar-refractivity contribution is -0.120. The smallest absolute Gasteiger partial charge is 0.224 e. The zero-order chi connectivity index (χ0) is 12.3. The van der Waals surface area contributed by atoms with Crippen LogP contribution in [0.2, 0.25) is 0 Å². The van der Waals surface area contributed by atoms with Gasteiger partial charge in [-0.3, -0.25) is 9.59 Å². The predicted octanol–water partition coefficient (Wildman–Crippen LogP) is 1.76. The zero-order valence-corrected chi connectivity index (χ0v) is 9.94. The van der Waals surface area contributed by atoms with Gasteiger partial charge in [0, 0.05) is 12.2 Å². The molecule has 0 spiro atoms. The van der Waals surface area contributed by atoms with Crippen molar-refractivity contribution < 1.29 is 19.1 Å². The van der Waals surface area contributed by atoms with Crippen molar-refractivity contribution in [3.05, 3.63) is 23.7 Å². The Morgan fingerprint density at radius 3 is 1.38 bits per heavy atom. The van der Waals surface area contributed by atoms with Crippen LogP contribution in [0.5, 0.6) is 0 Å². The maximum Gasteiger partial charge on any atom is 0.224 e. The minimum atomic E-state index is -0.330. The molecule has 0 saturated carbocycles. The van der Waals surface area contributed by atoms with Crippen molar-refractivity contribution in [3.8, 4) is 0 Å². The molecule has 4 heteroatoms. The Hall–Kier alpha value is -1.58. The Morgan fingerprint density at radius 1 is 0.812 bits per heavy atom. The van der Waals surface area contributed by atoms with E-state index in [2.05, 4.69) is 0 Å². The Morgan fingerprint density at radius 2 is 1.12 bits per heavy atom. The number of hydrogen-bond donors (Lipinski definition) is 0. The van der Waals surface area contributed by atoms with Crippen LogP contribution in [-0.4, -0.2) is 23.8 Å². The van der Waals surface area contributed by atoms with E-state index in [0.29, 0.717) is 0 Å². The van der Waals surface area contributed by atoms with Crippen LogP contribution in [0.1, 0.15) is 27.7 Å². The Balaban J connectivity index is 2.79. The summed E-state index contributed by atoms with van der Waals surface area (Å²) in [4.78, 5) is 23.1. The molecule has 0 unspecified atom stereocenters. The van der Waals surface area contributed by atoms with E-state index in [0.717, 1.165) is 0 Å². The highest BCUT2D eigenvalue weighted by atomic mass is 16.5. The van der Waals surface area contributed by atoms with Crippen molar-refractivity contribution >= 4 is 11.6 Å². The number of rotatable bonds is 4. The van der Waals surface area contributed by atoms with E-state index in [4.69, 9.17) is 9.47 Å². The van der Waals surface area contributed by atoms with Gasteiger partial charge in [0.25, 0.3) is 0 Å². The number of ether oxygens (including phenoxy) is 2. The Labute approximate surface area is 94.9 Å². The van der Waals surface area contributed by atoms with Gasteiger partial charge in [-0.1, -0.05) is 0 Å². The number of carbonyl (C=O) groups excluding carboxylic acids is 2. The van der Waals surface area contributed by atoms with E-state index < -0.39 is 0 Å². The van der Waals surface area contributed by atoms with Gasteiger partial charge in [0.1, 0.15) is 0 Å². The fourth-order valence-electron chi connectivity index (χ4n) is 1.21. The van der Waals surface area contributed by atoms with Gasteiger partial charge in [0.2, 0.25) is 11.6 Å². The van der Waals surface area contributed by atoms with Gasteiger partial charge in [0.05, 0.1) is 12.2 Å². The van der Waals surface area contributed by atoms with Gasteiger partial charge >= 0.3 is 0 Å². The fourth-order valence-corrected chi connectivity index (χ4v) is 1.21. The normalized spacial score (nSPS) is 16.4. The van der Waals surface area contributed by atoms with Gasteiger partial charge in [-0.2, -0.15) is 0 Å². The van der Waals surface area contributed by atoms with Crippen molar-refractivity contribution in [2.45, 2.75) is 39.9 Å². The largest absolute Gasteiger partial charge is 0.487 e. The van der Waals surface area contributed by atoms with E-state index in [1.807, 2.05) is 0 Å². The lowest BCUT2D eigenvalue weighted by Gasteiger charge is -2.17. The molecule has 0 N–H and O–H groups in total. The predicted molar refractivity (Wildman–Crippen MR) is 58.6 cm³/mol. The van der Waals surface area contributed by atoms with Crippen LogP contribution in [0.25, 0.3) is 0 Å². The van der Waals surface area contributed by atoms with Gasteiger partial charge in [-0.25, -0.2) is 0 Å². The molecule has 1 aliphatic carbocycles. The van der Waals surface area contributed by atoms with Crippen molar-refractivity contribution in [1.29, 1.82) is 0 Å². The van der Waals surface area contributed by atoms with Gasteiger partial charge in [-0.05, 0) is 27.7 Å². The highest BCUT2D eigenvalue weighted by Crippen LogP contribution is 2.16. The molecule has 0 heterocycles. The average molecular weight is 224 g/mol. The highest BCUT2D eigenvalue weighted by Gasteiger charge is 2.23. The number of allylic oxidation sites excluding steroid dienone is 2. The number of ketones is 2. The van der Waals surface area contributed by atoms with Crippen LogP contribution in [0.3, 0.4) is 0 Å². The van der Waals surface area contributed by atoms with Crippen LogP contribution in [-0.2, 0) is 19.1 Å². The molecule has 0 amide bonds. The van der Waals surface area contributed by atoms with E-state index in [1.165, 1.54) is 12.2 Å². The van der Waals surface area contributed by atoms with E-state index in [9.17, 15) is 9.59 Å². The molecular formula is C12H16O4. The van der Waals surface area contributed by atoms with Crippen LogP contribution >= 0.6 is 0 Å². The first-order valence-corrected chi connectivity index (χ1v) is 5.25. The van der Waals surface area contributed by atoms with E-state index >= 15 is 0 Å². The third-order valence-corrected chi connectivity index (χ3v) is 1.74. The summed E-state index contributed by atoms with van der Waals surface area (Å²) in [6, 6.07) is 0. The Bertz CT molecular complexity index is 325. The molecule has 0 saturated heterocycles. The molecule has 4 nitrogen and oxygen atoms in total. The highest BCUT2D eigenvalue weighted by molar-refractivity contribution is 6.18. The first kappa shape index (κ1) is 12.5. The lowest BCUT2D eigenvalue weighted by Crippen LogP contribution is -2.20. The zero-order valence-electron chi connectivity index (χ0n) is 9.94. The maximum absolute atomic E-state index is 11.6. The summed E-state index contributed by atoms with van der Waals surface area (Å²) in [5, 5.41) is 0. The summed E-state index contributed by atoms with van der Waals surface area (Å²) in [6.45, 7) is 7.18. The van der Waals surface area contributed by atoms with Crippen molar-refractivity contribution in [2.75, 3.05) is 0 Å². The molecule has 16 heavy (non-hydrogen) atoms. The van der Waals surface area contributed by atoms with Gasteiger partial charge < -0.3 is 9.47 Å². The minimum Gasteiger partial charge on any atom is -0.487 e. The third-order valence-electron chi connectivity index (χ3n) is 1.74. The fraction of sp³-hybridized carbons (Fsp3) is 0.500. The Kier molecular flexibility index (Phi) is 3.88. The van der Waals surface area contributed by atoms with Crippen LogP contribution < -0.4 is 0 Å².